The molecule has 3 nitrogen and oxygen atoms in total. The Labute approximate surface area is 143 Å². The molecular weight excluding hydrogens is 331 g/mol. The third kappa shape index (κ3) is 4.02. The fraction of sp³-hybridized carbons (Fsp3) is 0.211. The number of fused-ring (bicyclic) bond motifs is 1. The second kappa shape index (κ2) is 6.63. The summed E-state index contributed by atoms with van der Waals surface area (Å²) in [5.74, 6) is -0.360. The molecule has 0 N–H and O–H groups in total. The number of nitrogens with zero attached hydrogens (tertiary/aromatic N) is 1. The largest absolute Gasteiger partial charge is 0.573 e. The molecule has 0 saturated carbocycles. The maximum Gasteiger partial charge on any atom is 0.573 e. The number of ether oxygens (including phenoxy) is 1. The molecular formula is C19H16F3NO2. The summed E-state index contributed by atoms with van der Waals surface area (Å²) >= 11 is 0. The number of alkyl halides is 3. The van der Waals surface area contributed by atoms with Gasteiger partial charge in [-0.2, -0.15) is 0 Å². The Morgan fingerprint density at radius 3 is 2.40 bits per heavy atom. The zero-order valence-corrected chi connectivity index (χ0v) is 13.3. The van der Waals surface area contributed by atoms with Gasteiger partial charge < -0.3 is 9.64 Å². The van der Waals surface area contributed by atoms with E-state index in [1.807, 2.05) is 18.2 Å². The van der Waals surface area contributed by atoms with Crippen molar-refractivity contribution >= 4 is 5.91 Å². The minimum Gasteiger partial charge on any atom is -0.406 e. The highest BCUT2D eigenvalue weighted by Gasteiger charge is 2.31. The first-order valence-electron chi connectivity index (χ1n) is 7.75. The lowest BCUT2D eigenvalue weighted by Crippen LogP contribution is -2.34. The van der Waals surface area contributed by atoms with Crippen LogP contribution in [0.3, 0.4) is 0 Å². The van der Waals surface area contributed by atoms with E-state index in [9.17, 15) is 18.0 Å². The van der Waals surface area contributed by atoms with E-state index in [1.165, 1.54) is 23.8 Å². The zero-order chi connectivity index (χ0) is 18.0. The van der Waals surface area contributed by atoms with E-state index in [0.717, 1.165) is 23.1 Å². The number of carbonyl (C=O) groups is 1. The van der Waals surface area contributed by atoms with Gasteiger partial charge in [0.2, 0.25) is 5.91 Å². The molecule has 0 saturated heterocycles. The van der Waals surface area contributed by atoms with Gasteiger partial charge in [-0.1, -0.05) is 30.8 Å². The second-order valence-electron chi connectivity index (χ2n) is 5.77. The van der Waals surface area contributed by atoms with Crippen molar-refractivity contribution in [1.82, 2.24) is 4.90 Å². The molecule has 3 rings (SSSR count). The maximum absolute atomic E-state index is 12.2. The third-order valence-corrected chi connectivity index (χ3v) is 4.13. The average molecular weight is 347 g/mol. The van der Waals surface area contributed by atoms with E-state index < -0.39 is 6.36 Å². The van der Waals surface area contributed by atoms with Crippen LogP contribution in [0.25, 0.3) is 11.1 Å². The molecule has 0 spiro atoms. The van der Waals surface area contributed by atoms with Crippen molar-refractivity contribution < 1.29 is 22.7 Å². The Morgan fingerprint density at radius 2 is 1.76 bits per heavy atom. The number of hydrogen-bond donors (Lipinski definition) is 0. The summed E-state index contributed by atoms with van der Waals surface area (Å²) in [7, 11) is 0. The van der Waals surface area contributed by atoms with Crippen LogP contribution in [-0.2, 0) is 17.8 Å². The second-order valence-corrected chi connectivity index (χ2v) is 5.77. The van der Waals surface area contributed by atoms with E-state index in [2.05, 4.69) is 11.3 Å². The molecule has 1 amide bonds. The summed E-state index contributed by atoms with van der Waals surface area (Å²) in [6.07, 6.45) is -2.63. The molecule has 0 bridgehead atoms. The zero-order valence-electron chi connectivity index (χ0n) is 13.3. The molecule has 0 aliphatic carbocycles. The normalized spacial score (nSPS) is 14.0. The molecule has 1 aliphatic heterocycles. The molecule has 6 heteroatoms. The minimum absolute atomic E-state index is 0.107. The SMILES string of the molecule is C=CC(=O)N1CCc2ccc(-c3ccc(OC(F)(F)F)cc3)cc2C1. The summed E-state index contributed by atoms with van der Waals surface area (Å²) in [6.45, 7) is 4.66. The van der Waals surface area contributed by atoms with Crippen molar-refractivity contribution in [2.45, 2.75) is 19.3 Å². The van der Waals surface area contributed by atoms with Crippen LogP contribution in [0.5, 0.6) is 5.75 Å². The quantitative estimate of drug-likeness (QED) is 0.774. The van der Waals surface area contributed by atoms with Gasteiger partial charge in [0.05, 0.1) is 0 Å². The van der Waals surface area contributed by atoms with E-state index in [-0.39, 0.29) is 11.7 Å². The Morgan fingerprint density at radius 1 is 1.08 bits per heavy atom. The average Bonchev–Trinajstić information content (AvgIpc) is 2.59. The van der Waals surface area contributed by atoms with Crippen LogP contribution < -0.4 is 4.74 Å². The lowest BCUT2D eigenvalue weighted by atomic mass is 9.94. The molecule has 0 radical (unpaired) electrons. The molecule has 25 heavy (non-hydrogen) atoms. The first-order valence-corrected chi connectivity index (χ1v) is 7.75. The Balaban J connectivity index is 1.82. The molecule has 1 aliphatic rings. The molecule has 0 atom stereocenters. The van der Waals surface area contributed by atoms with Crippen LogP contribution in [0.1, 0.15) is 11.1 Å². The Hall–Kier alpha value is -2.76. The Kier molecular flexibility index (Phi) is 4.53. The molecule has 2 aromatic carbocycles. The van der Waals surface area contributed by atoms with Crippen LogP contribution in [0, 0.1) is 0 Å². The van der Waals surface area contributed by atoms with E-state index in [4.69, 9.17) is 0 Å². The summed E-state index contributed by atoms with van der Waals surface area (Å²) in [5, 5.41) is 0. The molecule has 0 aromatic heterocycles. The standard InChI is InChI=1S/C19H16F3NO2/c1-2-18(24)23-10-9-14-3-4-15(11-16(14)12-23)13-5-7-17(8-6-13)25-19(20,21)22/h2-8,11H,1,9-10,12H2. The van der Waals surface area contributed by atoms with Crippen LogP contribution in [0.4, 0.5) is 13.2 Å². The van der Waals surface area contributed by atoms with Crippen molar-refractivity contribution in [1.29, 1.82) is 0 Å². The summed E-state index contributed by atoms with van der Waals surface area (Å²) < 4.78 is 40.6. The van der Waals surface area contributed by atoms with Gasteiger partial charge >= 0.3 is 6.36 Å². The molecule has 0 fully saturated rings. The minimum atomic E-state index is -4.70. The summed E-state index contributed by atoms with van der Waals surface area (Å²) in [4.78, 5) is 13.5. The maximum atomic E-state index is 12.2. The number of benzene rings is 2. The van der Waals surface area contributed by atoms with E-state index >= 15 is 0 Å². The fourth-order valence-corrected chi connectivity index (χ4v) is 2.90. The number of halogens is 3. The highest BCUT2D eigenvalue weighted by Crippen LogP contribution is 2.29. The smallest absolute Gasteiger partial charge is 0.406 e. The van der Waals surface area contributed by atoms with Crippen molar-refractivity contribution in [3.8, 4) is 16.9 Å². The number of amides is 1. The van der Waals surface area contributed by atoms with Gasteiger partial charge in [0.25, 0.3) is 0 Å². The molecule has 2 aromatic rings. The van der Waals surface area contributed by atoms with Crippen molar-refractivity contribution in [2.75, 3.05) is 6.54 Å². The topological polar surface area (TPSA) is 29.5 Å². The van der Waals surface area contributed by atoms with Gasteiger partial charge in [0.1, 0.15) is 5.75 Å². The predicted octanol–water partition coefficient (Wildman–Crippen LogP) is 4.32. The predicted molar refractivity (Wildman–Crippen MR) is 87.9 cm³/mol. The van der Waals surface area contributed by atoms with Crippen LogP contribution in [0.15, 0.2) is 55.1 Å². The molecule has 130 valence electrons. The van der Waals surface area contributed by atoms with Crippen molar-refractivity contribution in [3.05, 3.63) is 66.2 Å². The fourth-order valence-electron chi connectivity index (χ4n) is 2.90. The van der Waals surface area contributed by atoms with Gasteiger partial charge in [-0.15, -0.1) is 13.2 Å². The first-order chi connectivity index (χ1) is 11.9. The van der Waals surface area contributed by atoms with E-state index in [0.29, 0.717) is 13.1 Å². The Bertz CT molecular complexity index is 797. The third-order valence-electron chi connectivity index (χ3n) is 4.13. The van der Waals surface area contributed by atoms with Crippen molar-refractivity contribution in [2.24, 2.45) is 0 Å². The van der Waals surface area contributed by atoms with Crippen LogP contribution in [-0.4, -0.2) is 23.7 Å². The monoisotopic (exact) mass is 347 g/mol. The van der Waals surface area contributed by atoms with Gasteiger partial charge in [0, 0.05) is 13.1 Å². The lowest BCUT2D eigenvalue weighted by molar-refractivity contribution is -0.274. The van der Waals surface area contributed by atoms with Crippen LogP contribution in [0.2, 0.25) is 0 Å². The van der Waals surface area contributed by atoms with E-state index in [1.54, 1.807) is 17.0 Å². The van der Waals surface area contributed by atoms with Crippen molar-refractivity contribution in [3.63, 3.8) is 0 Å². The van der Waals surface area contributed by atoms with Gasteiger partial charge in [-0.05, 0) is 52.9 Å². The lowest BCUT2D eigenvalue weighted by Gasteiger charge is -2.28. The number of rotatable bonds is 3. The van der Waals surface area contributed by atoms with Gasteiger partial charge in [0.15, 0.2) is 0 Å². The van der Waals surface area contributed by atoms with Gasteiger partial charge in [-0.3, -0.25) is 4.79 Å². The highest BCUT2D eigenvalue weighted by molar-refractivity contribution is 5.87. The first kappa shape index (κ1) is 17.1. The summed E-state index contributed by atoms with van der Waals surface area (Å²) in [6, 6.07) is 11.6. The number of hydrogen-bond acceptors (Lipinski definition) is 2. The van der Waals surface area contributed by atoms with Crippen LogP contribution >= 0.6 is 0 Å². The molecule has 1 heterocycles. The summed E-state index contributed by atoms with van der Waals surface area (Å²) in [5.41, 5.74) is 3.87. The van der Waals surface area contributed by atoms with Gasteiger partial charge in [-0.25, -0.2) is 0 Å². The number of carbonyl (C=O) groups excluding carboxylic acids is 1. The molecule has 0 unspecified atom stereocenters. The highest BCUT2D eigenvalue weighted by atomic mass is 19.4.